The number of rotatable bonds is 5. The van der Waals surface area contributed by atoms with Gasteiger partial charge in [0.15, 0.2) is 11.6 Å². The van der Waals surface area contributed by atoms with Crippen molar-refractivity contribution in [2.45, 2.75) is 0 Å². The summed E-state index contributed by atoms with van der Waals surface area (Å²) in [7, 11) is 0. The van der Waals surface area contributed by atoms with Crippen molar-refractivity contribution < 1.29 is 23.2 Å². The number of hydrogen-bond acceptors (Lipinski definition) is 3. The molecule has 9 heteroatoms. The lowest BCUT2D eigenvalue weighted by Gasteiger charge is -2.11. The maximum absolute atomic E-state index is 13.5. The van der Waals surface area contributed by atoms with Crippen LogP contribution in [0.3, 0.4) is 0 Å². The van der Waals surface area contributed by atoms with Crippen molar-refractivity contribution in [1.29, 1.82) is 0 Å². The zero-order valence-electron chi connectivity index (χ0n) is 15.4. The highest BCUT2D eigenvalue weighted by atomic mass is 19.2. The lowest BCUT2D eigenvalue weighted by molar-refractivity contribution is 0.100. The number of anilines is 3. The number of urea groups is 1. The molecule has 0 bridgehead atoms. The monoisotopic (exact) mass is 410 g/mol. The van der Waals surface area contributed by atoms with Crippen LogP contribution in [0.15, 0.2) is 66.7 Å². The quantitative estimate of drug-likeness (QED) is 0.511. The average Bonchev–Trinajstić information content (AvgIpc) is 2.71. The molecule has 0 unspecified atom stereocenters. The molecular formula is C21H16F2N4O3. The topological polar surface area (TPSA) is 113 Å². The van der Waals surface area contributed by atoms with E-state index in [1.807, 2.05) is 6.07 Å². The molecular weight excluding hydrogens is 394 g/mol. The van der Waals surface area contributed by atoms with E-state index in [1.54, 1.807) is 30.3 Å². The Morgan fingerprint density at radius 2 is 1.37 bits per heavy atom. The number of para-hydroxylation sites is 1. The summed E-state index contributed by atoms with van der Waals surface area (Å²) in [6.07, 6.45) is 0. The fraction of sp³-hybridized carbons (Fsp3) is 0. The van der Waals surface area contributed by atoms with E-state index in [0.29, 0.717) is 23.5 Å². The van der Waals surface area contributed by atoms with Crippen molar-refractivity contribution in [2.75, 3.05) is 16.0 Å². The Balaban J connectivity index is 1.74. The molecule has 5 N–H and O–H groups in total. The second-order valence-electron chi connectivity index (χ2n) is 6.16. The number of carbonyl (C=O) groups excluding carboxylic acids is 3. The van der Waals surface area contributed by atoms with E-state index in [2.05, 4.69) is 16.0 Å². The number of benzene rings is 3. The standard InChI is InChI=1S/C21H16F2N4O3/c22-16-10-15(19(24)28)18(11-17(16)23)27-20(29)12-5-4-8-14(9-12)26-21(30)25-13-6-2-1-3-7-13/h1-11H,(H2,24,28)(H,27,29)(H2,25,26,30). The fourth-order valence-electron chi connectivity index (χ4n) is 2.60. The fourth-order valence-corrected chi connectivity index (χ4v) is 2.60. The summed E-state index contributed by atoms with van der Waals surface area (Å²) in [5, 5.41) is 7.54. The van der Waals surface area contributed by atoms with Gasteiger partial charge in [0.1, 0.15) is 0 Å². The second-order valence-corrected chi connectivity index (χ2v) is 6.16. The number of nitrogens with two attached hydrogens (primary N) is 1. The Kier molecular flexibility index (Phi) is 6.02. The minimum Gasteiger partial charge on any atom is -0.366 e. The first-order chi connectivity index (χ1) is 14.3. The molecule has 30 heavy (non-hydrogen) atoms. The van der Waals surface area contributed by atoms with E-state index in [0.717, 1.165) is 0 Å². The molecule has 4 amide bonds. The van der Waals surface area contributed by atoms with Crippen molar-refractivity contribution in [3.63, 3.8) is 0 Å². The average molecular weight is 410 g/mol. The molecule has 3 aromatic carbocycles. The second kappa shape index (κ2) is 8.82. The zero-order valence-corrected chi connectivity index (χ0v) is 15.4. The van der Waals surface area contributed by atoms with E-state index in [-0.39, 0.29) is 16.8 Å². The third-order valence-corrected chi connectivity index (χ3v) is 3.99. The molecule has 0 radical (unpaired) electrons. The number of halogens is 2. The third kappa shape index (κ3) is 4.96. The van der Waals surface area contributed by atoms with Gasteiger partial charge in [-0.3, -0.25) is 9.59 Å². The van der Waals surface area contributed by atoms with Crippen LogP contribution in [0.1, 0.15) is 20.7 Å². The zero-order chi connectivity index (χ0) is 21.7. The maximum Gasteiger partial charge on any atom is 0.323 e. The van der Waals surface area contributed by atoms with Gasteiger partial charge in [-0.15, -0.1) is 0 Å². The van der Waals surface area contributed by atoms with Crippen LogP contribution in [0.5, 0.6) is 0 Å². The summed E-state index contributed by atoms with van der Waals surface area (Å²) in [6.45, 7) is 0. The van der Waals surface area contributed by atoms with Gasteiger partial charge in [0.05, 0.1) is 11.3 Å². The van der Waals surface area contributed by atoms with Gasteiger partial charge in [-0.1, -0.05) is 24.3 Å². The number of hydrogen-bond donors (Lipinski definition) is 4. The van der Waals surface area contributed by atoms with E-state index in [4.69, 9.17) is 5.73 Å². The molecule has 0 fully saturated rings. The Labute approximate surface area is 169 Å². The third-order valence-electron chi connectivity index (χ3n) is 3.99. The van der Waals surface area contributed by atoms with Gasteiger partial charge >= 0.3 is 6.03 Å². The van der Waals surface area contributed by atoms with Crippen LogP contribution >= 0.6 is 0 Å². The minimum absolute atomic E-state index is 0.104. The Morgan fingerprint density at radius 1 is 0.733 bits per heavy atom. The van der Waals surface area contributed by atoms with Crippen LogP contribution in [-0.2, 0) is 0 Å². The summed E-state index contributed by atoms with van der Waals surface area (Å²) >= 11 is 0. The highest BCUT2D eigenvalue weighted by Crippen LogP contribution is 2.21. The first-order valence-corrected chi connectivity index (χ1v) is 8.67. The molecule has 0 atom stereocenters. The Morgan fingerprint density at radius 3 is 2.07 bits per heavy atom. The molecule has 0 aliphatic heterocycles. The molecule has 0 saturated carbocycles. The van der Waals surface area contributed by atoms with Crippen molar-refractivity contribution in [1.82, 2.24) is 0 Å². The van der Waals surface area contributed by atoms with Gasteiger partial charge in [0.2, 0.25) is 0 Å². The molecule has 3 aromatic rings. The largest absolute Gasteiger partial charge is 0.366 e. The molecule has 0 saturated heterocycles. The Hall–Kier alpha value is -4.27. The SMILES string of the molecule is NC(=O)c1cc(F)c(F)cc1NC(=O)c1cccc(NC(=O)Nc2ccccc2)c1. The van der Waals surface area contributed by atoms with E-state index in [1.165, 1.54) is 18.2 Å². The molecule has 0 spiro atoms. The van der Waals surface area contributed by atoms with E-state index in [9.17, 15) is 23.2 Å². The molecule has 0 heterocycles. The van der Waals surface area contributed by atoms with Crippen molar-refractivity contribution in [3.8, 4) is 0 Å². The molecule has 0 aliphatic carbocycles. The van der Waals surface area contributed by atoms with Crippen molar-refractivity contribution in [2.24, 2.45) is 5.73 Å². The van der Waals surface area contributed by atoms with Gasteiger partial charge in [0.25, 0.3) is 11.8 Å². The van der Waals surface area contributed by atoms with Crippen LogP contribution in [0.2, 0.25) is 0 Å². The van der Waals surface area contributed by atoms with Crippen LogP contribution in [0.4, 0.5) is 30.6 Å². The molecule has 3 rings (SSSR count). The lowest BCUT2D eigenvalue weighted by atomic mass is 10.1. The van der Waals surface area contributed by atoms with Gasteiger partial charge in [-0.25, -0.2) is 13.6 Å². The summed E-state index contributed by atoms with van der Waals surface area (Å²) in [4.78, 5) is 36.1. The van der Waals surface area contributed by atoms with Crippen LogP contribution < -0.4 is 21.7 Å². The molecule has 152 valence electrons. The van der Waals surface area contributed by atoms with E-state index >= 15 is 0 Å². The van der Waals surface area contributed by atoms with Gasteiger partial charge in [-0.2, -0.15) is 0 Å². The maximum atomic E-state index is 13.5. The lowest BCUT2D eigenvalue weighted by Crippen LogP contribution is -2.21. The van der Waals surface area contributed by atoms with Crippen molar-refractivity contribution >= 4 is 34.9 Å². The predicted octanol–water partition coefficient (Wildman–Crippen LogP) is 3.96. The summed E-state index contributed by atoms with van der Waals surface area (Å²) < 4.78 is 26.9. The Bertz CT molecular complexity index is 1120. The summed E-state index contributed by atoms with van der Waals surface area (Å²) in [6, 6.07) is 15.4. The first-order valence-electron chi connectivity index (χ1n) is 8.67. The number of carbonyl (C=O) groups is 3. The van der Waals surface area contributed by atoms with Crippen LogP contribution in [0, 0.1) is 11.6 Å². The van der Waals surface area contributed by atoms with Crippen molar-refractivity contribution in [3.05, 3.63) is 89.5 Å². The first kappa shape index (κ1) is 20.5. The number of primary amides is 1. The summed E-state index contributed by atoms with van der Waals surface area (Å²) in [5.74, 6) is -4.26. The smallest absolute Gasteiger partial charge is 0.323 e. The molecule has 0 aliphatic rings. The van der Waals surface area contributed by atoms with Gasteiger partial charge in [0, 0.05) is 23.0 Å². The van der Waals surface area contributed by atoms with Gasteiger partial charge < -0.3 is 21.7 Å². The summed E-state index contributed by atoms with van der Waals surface area (Å²) in [5.41, 5.74) is 5.51. The van der Waals surface area contributed by atoms with Crippen LogP contribution in [0.25, 0.3) is 0 Å². The highest BCUT2D eigenvalue weighted by Gasteiger charge is 2.17. The van der Waals surface area contributed by atoms with Gasteiger partial charge in [-0.05, 0) is 36.4 Å². The molecule has 0 aromatic heterocycles. The predicted molar refractivity (Wildman–Crippen MR) is 108 cm³/mol. The van der Waals surface area contributed by atoms with E-state index < -0.39 is 29.5 Å². The number of amides is 4. The number of nitrogens with one attached hydrogen (secondary N) is 3. The van der Waals surface area contributed by atoms with Crippen LogP contribution in [-0.4, -0.2) is 17.8 Å². The highest BCUT2D eigenvalue weighted by molar-refractivity contribution is 6.09. The molecule has 7 nitrogen and oxygen atoms in total. The minimum atomic E-state index is -1.27. The normalized spacial score (nSPS) is 10.2.